The Balaban J connectivity index is 0.0000266. The molecule has 0 N–H and O–H groups in total. The van der Waals surface area contributed by atoms with Crippen molar-refractivity contribution in [1.29, 1.82) is 0 Å². The first-order valence-electron chi connectivity index (χ1n) is 32.5. The van der Waals surface area contributed by atoms with Crippen LogP contribution in [0.25, 0.3) is 0 Å². The summed E-state index contributed by atoms with van der Waals surface area (Å²) in [5.41, 5.74) is 5.88. The average molecular weight is 1100 g/mol. The van der Waals surface area contributed by atoms with Gasteiger partial charge in [0.05, 0.1) is 22.8 Å². The van der Waals surface area contributed by atoms with Crippen molar-refractivity contribution in [3.05, 3.63) is 60.2 Å². The molecule has 3 heteroatoms. The van der Waals surface area contributed by atoms with Crippen LogP contribution in [0.1, 0.15) is 347 Å². The molecule has 0 aromatic heterocycles. The van der Waals surface area contributed by atoms with Crippen LogP contribution in [0.4, 0.5) is 11.4 Å². The molecule has 0 aliphatic heterocycles. The summed E-state index contributed by atoms with van der Waals surface area (Å²) in [4.78, 5) is 10.8. The fourth-order valence-electron chi connectivity index (χ4n) is 10.6. The Morgan fingerprint density at radius 2 is 0.589 bits per heavy atom. The Morgan fingerprint density at radius 3 is 0.986 bits per heavy atom. The SMILES string of the molecule is CCCCCCCCCCCCCCCCCC#CCCc1ccccc1N=C(CCCCC)C(CCCCCCCCCCCCCCCCCCCCCCCCCCCCCC)=Nc1ccccc1.[Pd]. The minimum Gasteiger partial charge on any atom is -0.252 e. The van der Waals surface area contributed by atoms with Gasteiger partial charge in [-0.05, 0) is 62.3 Å². The molecule has 2 aromatic rings. The summed E-state index contributed by atoms with van der Waals surface area (Å²) in [6, 6.07) is 19.5. The zero-order valence-corrected chi connectivity index (χ0v) is 50.5. The maximum atomic E-state index is 5.48. The van der Waals surface area contributed by atoms with Gasteiger partial charge in [-0.2, -0.15) is 0 Å². The summed E-state index contributed by atoms with van der Waals surface area (Å²) >= 11 is 0. The van der Waals surface area contributed by atoms with Crippen LogP contribution in [0.15, 0.2) is 64.6 Å². The second-order valence-corrected chi connectivity index (χ2v) is 22.4. The zero-order chi connectivity index (χ0) is 51.1. The van der Waals surface area contributed by atoms with Crippen molar-refractivity contribution >= 4 is 22.8 Å². The number of benzene rings is 2. The second-order valence-electron chi connectivity index (χ2n) is 22.4. The molecule has 0 unspecified atom stereocenters. The van der Waals surface area contributed by atoms with Crippen molar-refractivity contribution in [3.63, 3.8) is 0 Å². The number of aryl methyl sites for hydroxylation is 1. The van der Waals surface area contributed by atoms with Crippen LogP contribution in [-0.2, 0) is 26.8 Å². The van der Waals surface area contributed by atoms with E-state index in [1.807, 2.05) is 0 Å². The molecule has 0 aliphatic carbocycles. The molecule has 0 atom stereocenters. The number of para-hydroxylation sites is 2. The summed E-state index contributed by atoms with van der Waals surface area (Å²) in [5, 5.41) is 0. The van der Waals surface area contributed by atoms with E-state index in [2.05, 4.69) is 87.2 Å². The smallest absolute Gasteiger partial charge is 0.0666 e. The topological polar surface area (TPSA) is 24.7 Å². The van der Waals surface area contributed by atoms with Crippen molar-refractivity contribution in [1.82, 2.24) is 0 Å². The molecule has 2 aromatic carbocycles. The molecule has 2 nitrogen and oxygen atoms in total. The molecule has 420 valence electrons. The first-order valence-corrected chi connectivity index (χ1v) is 32.5. The molecule has 0 spiro atoms. The summed E-state index contributed by atoms with van der Waals surface area (Å²) < 4.78 is 0. The van der Waals surface area contributed by atoms with E-state index in [-0.39, 0.29) is 20.4 Å². The van der Waals surface area contributed by atoms with E-state index in [0.29, 0.717) is 0 Å². The molecule has 0 heterocycles. The largest absolute Gasteiger partial charge is 0.252 e. The summed E-state index contributed by atoms with van der Waals surface area (Å²) in [6.07, 6.45) is 69.7. The predicted octanol–water partition coefficient (Wildman–Crippen LogP) is 24.6. The van der Waals surface area contributed by atoms with E-state index < -0.39 is 0 Å². The predicted molar refractivity (Wildman–Crippen MR) is 326 cm³/mol. The summed E-state index contributed by atoms with van der Waals surface area (Å²) in [5.74, 6) is 7.04. The van der Waals surface area contributed by atoms with Gasteiger partial charge in [0, 0.05) is 33.3 Å². The minimum absolute atomic E-state index is 0. The van der Waals surface area contributed by atoms with Crippen LogP contribution in [0.2, 0.25) is 0 Å². The van der Waals surface area contributed by atoms with Gasteiger partial charge in [-0.1, -0.05) is 333 Å². The summed E-state index contributed by atoms with van der Waals surface area (Å²) in [6.45, 7) is 6.92. The van der Waals surface area contributed by atoms with Gasteiger partial charge in [-0.3, -0.25) is 9.98 Å². The van der Waals surface area contributed by atoms with E-state index in [0.717, 1.165) is 49.9 Å². The molecule has 0 fully saturated rings. The fourth-order valence-corrected chi connectivity index (χ4v) is 10.6. The first kappa shape index (κ1) is 69.0. The Labute approximate surface area is 470 Å². The van der Waals surface area contributed by atoms with E-state index in [1.165, 1.54) is 306 Å². The normalized spacial score (nSPS) is 11.8. The molecule has 0 bridgehead atoms. The van der Waals surface area contributed by atoms with Crippen molar-refractivity contribution in [2.24, 2.45) is 9.98 Å². The average Bonchev–Trinajstić information content (AvgIpc) is 3.40. The monoisotopic (exact) mass is 1090 g/mol. The molecule has 2 rings (SSSR count). The van der Waals surface area contributed by atoms with Gasteiger partial charge >= 0.3 is 0 Å². The molecule has 0 aliphatic rings. The summed E-state index contributed by atoms with van der Waals surface area (Å²) in [7, 11) is 0. The van der Waals surface area contributed by atoms with Gasteiger partial charge in [0.1, 0.15) is 0 Å². The number of nitrogens with zero attached hydrogens (tertiary/aromatic N) is 2. The van der Waals surface area contributed by atoms with Crippen molar-refractivity contribution in [2.75, 3.05) is 0 Å². The third-order valence-electron chi connectivity index (χ3n) is 15.4. The Kier molecular flexibility index (Phi) is 53.1. The number of hydrogen-bond donors (Lipinski definition) is 0. The van der Waals surface area contributed by atoms with Crippen LogP contribution in [-0.4, -0.2) is 11.4 Å². The van der Waals surface area contributed by atoms with Crippen LogP contribution in [0.3, 0.4) is 0 Å². The third kappa shape index (κ3) is 44.8. The van der Waals surface area contributed by atoms with Crippen molar-refractivity contribution in [3.8, 4) is 11.8 Å². The van der Waals surface area contributed by atoms with Crippen molar-refractivity contribution < 1.29 is 20.4 Å². The fraction of sp³-hybridized carbons (Fsp3) is 0.771. The Morgan fingerprint density at radius 1 is 0.301 bits per heavy atom. The van der Waals surface area contributed by atoms with Gasteiger partial charge in [0.15, 0.2) is 0 Å². The van der Waals surface area contributed by atoms with Gasteiger partial charge in [-0.25, -0.2) is 0 Å². The zero-order valence-electron chi connectivity index (χ0n) is 49.0. The van der Waals surface area contributed by atoms with E-state index in [4.69, 9.17) is 9.98 Å². The standard InChI is InChI=1S/C70H120N2.Pd/c1-4-7-10-12-14-16-18-20-22-24-26-27-28-29-30-31-32-33-34-36-38-40-42-44-46-48-50-56-65-69(71-67-61-54-51-55-62-67)70(64-52-9-6-3)72-68-63-58-57-60-66(68)59-53-49-47-45-43-41-39-37-35-25-23-21-19-17-15-13-11-8-5-2;/h51,54-55,57-58,60-63H,4-46,48,50,52-53,56,59,64-65H2,1-3H3;. The van der Waals surface area contributed by atoms with Gasteiger partial charge < -0.3 is 0 Å². The molecule has 0 radical (unpaired) electrons. The van der Waals surface area contributed by atoms with Crippen LogP contribution >= 0.6 is 0 Å². The van der Waals surface area contributed by atoms with Gasteiger partial charge in [0.2, 0.25) is 0 Å². The Bertz CT molecular complexity index is 1550. The van der Waals surface area contributed by atoms with Crippen molar-refractivity contribution in [2.45, 2.75) is 348 Å². The van der Waals surface area contributed by atoms with Crippen LogP contribution in [0.5, 0.6) is 0 Å². The maximum absolute atomic E-state index is 5.48. The van der Waals surface area contributed by atoms with E-state index >= 15 is 0 Å². The first-order chi connectivity index (χ1) is 35.8. The minimum atomic E-state index is 0. The Hall–Kier alpha value is -2.00. The maximum Gasteiger partial charge on any atom is 0.0666 e. The number of rotatable bonds is 53. The van der Waals surface area contributed by atoms with Crippen LogP contribution < -0.4 is 0 Å². The van der Waals surface area contributed by atoms with Crippen LogP contribution in [0, 0.1) is 11.8 Å². The third-order valence-corrected chi connectivity index (χ3v) is 15.4. The second kappa shape index (κ2) is 56.2. The molecule has 0 saturated heterocycles. The van der Waals surface area contributed by atoms with Gasteiger partial charge in [-0.15, -0.1) is 11.8 Å². The number of unbranched alkanes of at least 4 members (excludes halogenated alkanes) is 44. The molecular formula is C70H120N2Pd. The van der Waals surface area contributed by atoms with E-state index in [9.17, 15) is 0 Å². The molecule has 73 heavy (non-hydrogen) atoms. The number of hydrogen-bond acceptors (Lipinski definition) is 2. The molecule has 0 amide bonds. The molecule has 0 saturated carbocycles. The quantitative estimate of drug-likeness (QED) is 0.0273. The van der Waals surface area contributed by atoms with Gasteiger partial charge in [0.25, 0.3) is 0 Å². The molecular weight excluding hydrogens is 975 g/mol. The number of aliphatic imine (C=N–C) groups is 2. The van der Waals surface area contributed by atoms with E-state index in [1.54, 1.807) is 0 Å².